The second-order valence-electron chi connectivity index (χ2n) is 10.8. The Morgan fingerprint density at radius 3 is 2.07 bits per heavy atom. The maximum Gasteiger partial charge on any atom is 0.264 e. The monoisotopic (exact) mass is 645 g/mol. The highest BCUT2D eigenvalue weighted by molar-refractivity contribution is 7.92. The summed E-state index contributed by atoms with van der Waals surface area (Å²) < 4.78 is 29.5. The average molecular weight is 646 g/mol. The summed E-state index contributed by atoms with van der Waals surface area (Å²) >= 11 is 6.16. The lowest BCUT2D eigenvalue weighted by Crippen LogP contribution is -2.53. The molecule has 0 aliphatic carbocycles. The summed E-state index contributed by atoms with van der Waals surface area (Å²) in [5.41, 5.74) is 2.86. The van der Waals surface area contributed by atoms with Crippen molar-refractivity contribution in [1.29, 1.82) is 0 Å². The highest BCUT2D eigenvalue weighted by Gasteiger charge is 2.35. The van der Waals surface area contributed by atoms with Gasteiger partial charge in [-0.05, 0) is 59.9 Å². The third-order valence-corrected chi connectivity index (χ3v) is 9.64. The van der Waals surface area contributed by atoms with E-state index in [0.717, 1.165) is 29.5 Å². The molecule has 4 aromatic carbocycles. The minimum absolute atomic E-state index is 0.0751. The van der Waals surface area contributed by atoms with Crippen LogP contribution >= 0.6 is 11.6 Å². The average Bonchev–Trinajstić information content (AvgIpc) is 3.06. The second-order valence-corrected chi connectivity index (χ2v) is 13.1. The van der Waals surface area contributed by atoms with Crippen LogP contribution in [0.5, 0.6) is 0 Å². The molecule has 1 atom stereocenters. The fourth-order valence-corrected chi connectivity index (χ4v) is 6.73. The van der Waals surface area contributed by atoms with Crippen molar-refractivity contribution in [2.24, 2.45) is 0 Å². The molecule has 0 saturated carbocycles. The van der Waals surface area contributed by atoms with E-state index < -0.39 is 28.5 Å². The molecule has 0 radical (unpaired) electrons. The molecule has 7 nitrogen and oxygen atoms in total. The third kappa shape index (κ3) is 8.96. The van der Waals surface area contributed by atoms with Crippen molar-refractivity contribution in [1.82, 2.24) is 10.2 Å². The van der Waals surface area contributed by atoms with Crippen molar-refractivity contribution in [3.63, 3.8) is 0 Å². The number of nitrogens with zero attached hydrogens (tertiary/aromatic N) is 2. The third-order valence-electron chi connectivity index (χ3n) is 7.62. The molecule has 0 bridgehead atoms. The number of benzene rings is 4. The maximum absolute atomic E-state index is 14.6. The summed E-state index contributed by atoms with van der Waals surface area (Å²) in [4.78, 5) is 30.0. The van der Waals surface area contributed by atoms with Gasteiger partial charge in [0.2, 0.25) is 11.8 Å². The topological polar surface area (TPSA) is 86.8 Å². The predicted octanol–water partition coefficient (Wildman–Crippen LogP) is 6.65. The van der Waals surface area contributed by atoms with Crippen LogP contribution in [-0.2, 0) is 39.0 Å². The number of rotatable bonds is 15. The lowest BCUT2D eigenvalue weighted by Gasteiger charge is -2.34. The largest absolute Gasteiger partial charge is 0.354 e. The van der Waals surface area contributed by atoms with Crippen molar-refractivity contribution >= 4 is 39.1 Å². The van der Waals surface area contributed by atoms with Crippen LogP contribution in [0, 0.1) is 0 Å². The summed E-state index contributed by atoms with van der Waals surface area (Å²) in [6.45, 7) is 4.05. The summed E-state index contributed by atoms with van der Waals surface area (Å²) in [7, 11) is -4.15. The molecule has 0 aromatic heterocycles. The van der Waals surface area contributed by atoms with Crippen molar-refractivity contribution in [2.45, 2.75) is 57.0 Å². The van der Waals surface area contributed by atoms with Gasteiger partial charge in [-0.2, -0.15) is 0 Å². The van der Waals surface area contributed by atoms with E-state index >= 15 is 0 Å². The maximum atomic E-state index is 14.6. The molecule has 1 unspecified atom stereocenters. The number of carbonyl (C=O) groups is 2. The van der Waals surface area contributed by atoms with E-state index in [1.54, 1.807) is 42.5 Å². The van der Waals surface area contributed by atoms with Crippen LogP contribution < -0.4 is 9.62 Å². The summed E-state index contributed by atoms with van der Waals surface area (Å²) in [5, 5.41) is 3.56. The normalized spacial score (nSPS) is 11.9. The highest BCUT2D eigenvalue weighted by atomic mass is 35.5. The fourth-order valence-electron chi connectivity index (χ4n) is 5.13. The molecule has 0 heterocycles. The predicted molar refractivity (Wildman–Crippen MR) is 181 cm³/mol. The van der Waals surface area contributed by atoms with Gasteiger partial charge in [-0.15, -0.1) is 0 Å². The lowest BCUT2D eigenvalue weighted by molar-refractivity contribution is -0.140. The van der Waals surface area contributed by atoms with E-state index in [-0.39, 0.29) is 23.8 Å². The van der Waals surface area contributed by atoms with Crippen LogP contribution in [0.15, 0.2) is 114 Å². The Hall–Kier alpha value is -4.14. The Balaban J connectivity index is 1.80. The van der Waals surface area contributed by atoms with Crippen LogP contribution in [0.1, 0.15) is 43.4 Å². The first-order valence-electron chi connectivity index (χ1n) is 15.3. The van der Waals surface area contributed by atoms with E-state index in [2.05, 4.69) is 5.32 Å². The van der Waals surface area contributed by atoms with Gasteiger partial charge in [0.05, 0.1) is 10.6 Å². The molecule has 4 rings (SSSR count). The Labute approximate surface area is 271 Å². The first-order chi connectivity index (χ1) is 21.7. The number of anilines is 1. The second kappa shape index (κ2) is 16.3. The Kier molecular flexibility index (Phi) is 12.2. The van der Waals surface area contributed by atoms with Crippen LogP contribution in [0.4, 0.5) is 5.69 Å². The van der Waals surface area contributed by atoms with Gasteiger partial charge in [0.15, 0.2) is 0 Å². The number of unbranched alkanes of at least 4 members (excludes halogenated alkanes) is 1. The van der Waals surface area contributed by atoms with Crippen LogP contribution in [-0.4, -0.2) is 44.3 Å². The first-order valence-corrected chi connectivity index (χ1v) is 17.1. The molecule has 0 aliphatic rings. The zero-order chi connectivity index (χ0) is 32.2. The van der Waals surface area contributed by atoms with Crippen molar-refractivity contribution in [3.05, 3.63) is 131 Å². The Bertz CT molecular complexity index is 1650. The van der Waals surface area contributed by atoms with Crippen LogP contribution in [0.25, 0.3) is 0 Å². The zero-order valence-electron chi connectivity index (χ0n) is 25.7. The number of hydrogen-bond acceptors (Lipinski definition) is 4. The Morgan fingerprint density at radius 1 is 0.800 bits per heavy atom. The number of hydrogen-bond donors (Lipinski definition) is 1. The van der Waals surface area contributed by atoms with Gasteiger partial charge in [-0.1, -0.05) is 111 Å². The molecule has 1 N–H and O–H groups in total. The van der Waals surface area contributed by atoms with Crippen molar-refractivity contribution in [2.75, 3.05) is 17.4 Å². The number of carbonyl (C=O) groups excluding carboxylic acids is 2. The van der Waals surface area contributed by atoms with Crippen molar-refractivity contribution < 1.29 is 18.0 Å². The van der Waals surface area contributed by atoms with Gasteiger partial charge in [-0.25, -0.2) is 8.42 Å². The molecule has 0 saturated heterocycles. The summed E-state index contributed by atoms with van der Waals surface area (Å²) in [5.74, 6) is -0.789. The first kappa shape index (κ1) is 33.7. The van der Waals surface area contributed by atoms with Gasteiger partial charge in [0, 0.05) is 24.5 Å². The number of sulfonamides is 1. The lowest BCUT2D eigenvalue weighted by atomic mass is 10.0. The molecule has 0 fully saturated rings. The fraction of sp³-hybridized carbons (Fsp3) is 0.278. The molecule has 0 spiro atoms. The molecule has 236 valence electrons. The van der Waals surface area contributed by atoms with E-state index in [0.29, 0.717) is 23.7 Å². The van der Waals surface area contributed by atoms with E-state index in [9.17, 15) is 18.0 Å². The van der Waals surface area contributed by atoms with Crippen LogP contribution in [0.2, 0.25) is 5.02 Å². The smallest absolute Gasteiger partial charge is 0.264 e. The summed E-state index contributed by atoms with van der Waals surface area (Å²) in [6.07, 6.45) is 2.53. The minimum atomic E-state index is -4.15. The van der Waals surface area contributed by atoms with Gasteiger partial charge >= 0.3 is 0 Å². The standard InChI is InChI=1S/C36H40ClN3O4S/c1-3-5-24-38-36(42)34(25-28-14-8-6-9-15-28)39(26-29-20-22-31(37)23-21-29)35(41)27-40(33-19-13-12-16-30(33)4-2)45(43,44)32-17-10-7-11-18-32/h6-23,34H,3-5,24-27H2,1-2H3,(H,38,42). The van der Waals surface area contributed by atoms with Crippen molar-refractivity contribution in [3.8, 4) is 0 Å². The number of amides is 2. The minimum Gasteiger partial charge on any atom is -0.354 e. The quantitative estimate of drug-likeness (QED) is 0.147. The van der Waals surface area contributed by atoms with Gasteiger partial charge in [0.1, 0.15) is 12.6 Å². The number of nitrogens with one attached hydrogen (secondary N) is 1. The van der Waals surface area contributed by atoms with Gasteiger partial charge in [0.25, 0.3) is 10.0 Å². The molecular formula is C36H40ClN3O4S. The van der Waals surface area contributed by atoms with Crippen LogP contribution in [0.3, 0.4) is 0 Å². The zero-order valence-corrected chi connectivity index (χ0v) is 27.3. The molecule has 0 aliphatic heterocycles. The van der Waals surface area contributed by atoms with E-state index in [1.807, 2.05) is 68.4 Å². The molecular weight excluding hydrogens is 606 g/mol. The highest BCUT2D eigenvalue weighted by Crippen LogP contribution is 2.28. The Morgan fingerprint density at radius 2 is 1.42 bits per heavy atom. The van der Waals surface area contributed by atoms with Gasteiger partial charge < -0.3 is 10.2 Å². The number of aryl methyl sites for hydroxylation is 1. The molecule has 2 amide bonds. The van der Waals surface area contributed by atoms with E-state index in [4.69, 9.17) is 11.6 Å². The SMILES string of the molecule is CCCCNC(=O)C(Cc1ccccc1)N(Cc1ccc(Cl)cc1)C(=O)CN(c1ccccc1CC)S(=O)(=O)c1ccccc1. The molecule has 45 heavy (non-hydrogen) atoms. The summed E-state index contributed by atoms with van der Waals surface area (Å²) in [6, 6.07) is 31.0. The molecule has 9 heteroatoms. The van der Waals surface area contributed by atoms with E-state index in [1.165, 1.54) is 21.3 Å². The number of halogens is 1. The van der Waals surface area contributed by atoms with Gasteiger partial charge in [-0.3, -0.25) is 13.9 Å². The molecule has 4 aromatic rings. The number of para-hydroxylation sites is 1.